The molecule has 0 saturated heterocycles. The van der Waals surface area contributed by atoms with Gasteiger partial charge in [-0.1, -0.05) is 33.3 Å². The summed E-state index contributed by atoms with van der Waals surface area (Å²) in [5.41, 5.74) is 1.15. The minimum absolute atomic E-state index is 0.281. The molecule has 0 aliphatic rings. The molecule has 1 heterocycles. The number of aryl methyl sites for hydroxylation is 1. The van der Waals surface area contributed by atoms with Gasteiger partial charge in [0, 0.05) is 18.8 Å². The molecule has 0 unspecified atom stereocenters. The number of ether oxygens (including phenoxy) is 2. The molecule has 0 aliphatic heterocycles. The molecule has 1 aromatic heterocycles. The fourth-order valence-electron chi connectivity index (χ4n) is 1.91. The fraction of sp³-hybridized carbons (Fsp3) is 0.625. The fourth-order valence-corrected chi connectivity index (χ4v) is 1.91. The van der Waals surface area contributed by atoms with E-state index in [1.165, 1.54) is 0 Å². The normalized spacial score (nSPS) is 10.7. The molecule has 0 aliphatic carbocycles. The van der Waals surface area contributed by atoms with Crippen LogP contribution in [0.2, 0.25) is 0 Å². The van der Waals surface area contributed by atoms with E-state index in [1.54, 1.807) is 12.3 Å². The molecule has 21 heavy (non-hydrogen) atoms. The van der Waals surface area contributed by atoms with E-state index in [9.17, 15) is 4.79 Å². The van der Waals surface area contributed by atoms with Crippen molar-refractivity contribution in [3.05, 3.63) is 23.9 Å². The first kappa shape index (κ1) is 17.4. The molecule has 0 amide bonds. The average Bonchev–Trinajstić information content (AvgIpc) is 2.51. The predicted molar refractivity (Wildman–Crippen MR) is 82.6 cm³/mol. The number of hydrogen-bond acceptors (Lipinski definition) is 5. The Bertz CT molecular complexity index is 402. The van der Waals surface area contributed by atoms with Gasteiger partial charge in [-0.2, -0.15) is 0 Å². The molecule has 5 nitrogen and oxygen atoms in total. The maximum absolute atomic E-state index is 11.5. The summed E-state index contributed by atoms with van der Waals surface area (Å²) in [5, 5.41) is 0. The van der Waals surface area contributed by atoms with Gasteiger partial charge in [-0.15, -0.1) is 0 Å². The van der Waals surface area contributed by atoms with Crippen LogP contribution in [-0.2, 0) is 11.2 Å². The van der Waals surface area contributed by atoms with Crippen molar-refractivity contribution < 1.29 is 14.3 Å². The van der Waals surface area contributed by atoms with E-state index in [2.05, 4.69) is 30.7 Å². The third-order valence-corrected chi connectivity index (χ3v) is 3.33. The summed E-state index contributed by atoms with van der Waals surface area (Å²) in [7, 11) is 0. The highest BCUT2D eigenvalue weighted by atomic mass is 16.7. The monoisotopic (exact) mass is 294 g/mol. The number of unbranched alkanes of at least 4 members (excludes halogenated alkanes) is 1. The summed E-state index contributed by atoms with van der Waals surface area (Å²) in [4.78, 5) is 17.8. The summed E-state index contributed by atoms with van der Waals surface area (Å²) < 4.78 is 10.1. The highest BCUT2D eigenvalue weighted by Crippen LogP contribution is 2.10. The van der Waals surface area contributed by atoms with Crippen LogP contribution in [0, 0.1) is 0 Å². The summed E-state index contributed by atoms with van der Waals surface area (Å²) in [6, 6.07) is 3.64. The minimum atomic E-state index is -0.698. The Morgan fingerprint density at radius 1 is 1.24 bits per heavy atom. The Hall–Kier alpha value is -1.62. The molecule has 0 saturated carbocycles. The molecule has 0 N–H and O–H groups in total. The second-order valence-electron chi connectivity index (χ2n) is 4.84. The van der Waals surface area contributed by atoms with Gasteiger partial charge in [0.15, 0.2) is 0 Å². The highest BCUT2D eigenvalue weighted by Gasteiger charge is 2.08. The number of rotatable bonds is 9. The number of hydrogen-bond donors (Lipinski definition) is 0. The zero-order chi connectivity index (χ0) is 15.5. The van der Waals surface area contributed by atoms with E-state index in [4.69, 9.17) is 9.47 Å². The van der Waals surface area contributed by atoms with E-state index < -0.39 is 6.16 Å². The van der Waals surface area contributed by atoms with Gasteiger partial charge in [-0.05, 0) is 31.5 Å². The van der Waals surface area contributed by atoms with Crippen LogP contribution in [0.15, 0.2) is 18.3 Å². The van der Waals surface area contributed by atoms with Crippen molar-refractivity contribution in [2.24, 2.45) is 0 Å². The number of pyridine rings is 1. The molecule has 0 radical (unpaired) electrons. The molecule has 0 spiro atoms. The smallest absolute Gasteiger partial charge is 0.433 e. The van der Waals surface area contributed by atoms with Crippen molar-refractivity contribution in [3.63, 3.8) is 0 Å². The second kappa shape index (κ2) is 10.2. The SMILES string of the molecule is CCCCc1ccc(OC(=O)OCCN(CC)CC)nc1. The van der Waals surface area contributed by atoms with Crippen LogP contribution in [0.3, 0.4) is 0 Å². The first-order valence-electron chi connectivity index (χ1n) is 7.71. The van der Waals surface area contributed by atoms with E-state index in [-0.39, 0.29) is 5.88 Å². The highest BCUT2D eigenvalue weighted by molar-refractivity contribution is 5.62. The molecule has 1 aromatic rings. The van der Waals surface area contributed by atoms with Gasteiger partial charge < -0.3 is 14.4 Å². The summed E-state index contributed by atoms with van der Waals surface area (Å²) in [6.45, 7) is 9.22. The Morgan fingerprint density at radius 2 is 2.00 bits per heavy atom. The van der Waals surface area contributed by atoms with Crippen LogP contribution < -0.4 is 4.74 Å². The lowest BCUT2D eigenvalue weighted by Crippen LogP contribution is -2.28. The quantitative estimate of drug-likeness (QED) is 0.654. The molecular formula is C16H26N2O3. The van der Waals surface area contributed by atoms with Crippen molar-refractivity contribution in [2.75, 3.05) is 26.2 Å². The second-order valence-corrected chi connectivity index (χ2v) is 4.84. The third-order valence-electron chi connectivity index (χ3n) is 3.33. The van der Waals surface area contributed by atoms with Gasteiger partial charge in [0.25, 0.3) is 0 Å². The Morgan fingerprint density at radius 3 is 2.57 bits per heavy atom. The molecule has 0 atom stereocenters. The van der Waals surface area contributed by atoms with Gasteiger partial charge in [0.2, 0.25) is 5.88 Å². The molecule has 118 valence electrons. The number of carbonyl (C=O) groups excluding carboxylic acids is 1. The van der Waals surface area contributed by atoms with Gasteiger partial charge >= 0.3 is 6.16 Å². The van der Waals surface area contributed by atoms with Gasteiger partial charge in [0.1, 0.15) is 6.61 Å². The summed E-state index contributed by atoms with van der Waals surface area (Å²) in [6.07, 6.45) is 4.33. The van der Waals surface area contributed by atoms with Crippen molar-refractivity contribution in [1.29, 1.82) is 0 Å². The molecule has 0 aromatic carbocycles. The van der Waals surface area contributed by atoms with Crippen LogP contribution >= 0.6 is 0 Å². The zero-order valence-corrected chi connectivity index (χ0v) is 13.3. The largest absolute Gasteiger partial charge is 0.515 e. The topological polar surface area (TPSA) is 51.7 Å². The van der Waals surface area contributed by atoms with Crippen LogP contribution in [0.5, 0.6) is 5.88 Å². The van der Waals surface area contributed by atoms with Crippen molar-refractivity contribution in [1.82, 2.24) is 9.88 Å². The lowest BCUT2D eigenvalue weighted by molar-refractivity contribution is 0.0870. The van der Waals surface area contributed by atoms with E-state index in [0.29, 0.717) is 13.2 Å². The van der Waals surface area contributed by atoms with Crippen LogP contribution in [0.1, 0.15) is 39.2 Å². The molecular weight excluding hydrogens is 268 g/mol. The lowest BCUT2D eigenvalue weighted by atomic mass is 10.1. The minimum Gasteiger partial charge on any atom is -0.433 e. The van der Waals surface area contributed by atoms with Gasteiger partial charge in [0.05, 0.1) is 0 Å². The summed E-state index contributed by atoms with van der Waals surface area (Å²) >= 11 is 0. The average molecular weight is 294 g/mol. The Kier molecular flexibility index (Phi) is 8.43. The standard InChI is InChI=1S/C16H26N2O3/c1-4-7-8-14-9-10-15(17-13-14)21-16(19)20-12-11-18(5-2)6-3/h9-10,13H,4-8,11-12H2,1-3H3. The first-order valence-corrected chi connectivity index (χ1v) is 7.71. The zero-order valence-electron chi connectivity index (χ0n) is 13.3. The van der Waals surface area contributed by atoms with E-state index in [1.807, 2.05) is 6.07 Å². The number of nitrogens with zero attached hydrogens (tertiary/aromatic N) is 2. The first-order chi connectivity index (χ1) is 10.2. The maximum atomic E-state index is 11.5. The van der Waals surface area contributed by atoms with Crippen molar-refractivity contribution in [3.8, 4) is 5.88 Å². The molecule has 5 heteroatoms. The van der Waals surface area contributed by atoms with Gasteiger partial charge in [-0.25, -0.2) is 9.78 Å². The van der Waals surface area contributed by atoms with E-state index >= 15 is 0 Å². The molecule has 0 fully saturated rings. The number of likely N-dealkylation sites (N-methyl/N-ethyl adjacent to an activating group) is 1. The van der Waals surface area contributed by atoms with Crippen molar-refractivity contribution in [2.45, 2.75) is 40.0 Å². The third kappa shape index (κ3) is 7.09. The lowest BCUT2D eigenvalue weighted by Gasteiger charge is -2.17. The Labute approximate surface area is 127 Å². The van der Waals surface area contributed by atoms with Crippen molar-refractivity contribution >= 4 is 6.16 Å². The van der Waals surface area contributed by atoms with Crippen LogP contribution in [0.4, 0.5) is 4.79 Å². The van der Waals surface area contributed by atoms with Crippen LogP contribution in [-0.4, -0.2) is 42.3 Å². The predicted octanol–water partition coefficient (Wildman–Crippen LogP) is 3.28. The maximum Gasteiger partial charge on any atom is 0.515 e. The summed E-state index contributed by atoms with van der Waals surface area (Å²) in [5.74, 6) is 0.281. The molecule has 1 rings (SSSR count). The number of carbonyl (C=O) groups is 1. The molecule has 0 bridgehead atoms. The van der Waals surface area contributed by atoms with Gasteiger partial charge in [-0.3, -0.25) is 0 Å². The van der Waals surface area contributed by atoms with E-state index in [0.717, 1.165) is 37.9 Å². The van der Waals surface area contributed by atoms with Crippen LogP contribution in [0.25, 0.3) is 0 Å². The number of aromatic nitrogens is 1. The Balaban J connectivity index is 2.30.